The summed E-state index contributed by atoms with van der Waals surface area (Å²) in [5.41, 5.74) is 3.72. The molecular formula is C29H25N3O2S. The zero-order chi connectivity index (χ0) is 24.2. The molecule has 0 spiro atoms. The maximum Gasteiger partial charge on any atom is 0.196 e. The molecule has 0 saturated heterocycles. The highest BCUT2D eigenvalue weighted by atomic mass is 32.2. The fraction of sp³-hybridized carbons (Fsp3) is 0.138. The number of thioether (sulfide) groups is 1. The summed E-state index contributed by atoms with van der Waals surface area (Å²) in [5.74, 6) is 1.86. The molecular weight excluding hydrogens is 454 g/mol. The lowest BCUT2D eigenvalue weighted by atomic mass is 10.1. The molecule has 5 nitrogen and oxygen atoms in total. The highest BCUT2D eigenvalue weighted by Crippen LogP contribution is 2.30. The summed E-state index contributed by atoms with van der Waals surface area (Å²) in [7, 11) is 0. The number of carbonyl (C=O) groups excluding carboxylic acids is 1. The lowest BCUT2D eigenvalue weighted by Gasteiger charge is -2.12. The molecule has 0 fully saturated rings. The maximum absolute atomic E-state index is 13.1. The Morgan fingerprint density at radius 1 is 0.886 bits per heavy atom. The minimum absolute atomic E-state index is 0.0547. The van der Waals surface area contributed by atoms with Crippen molar-refractivity contribution in [1.82, 2.24) is 14.8 Å². The van der Waals surface area contributed by atoms with Crippen molar-refractivity contribution in [3.8, 4) is 22.8 Å². The van der Waals surface area contributed by atoms with E-state index in [9.17, 15) is 4.79 Å². The molecule has 4 aromatic carbocycles. The predicted molar refractivity (Wildman–Crippen MR) is 142 cm³/mol. The second kappa shape index (κ2) is 10.2. The summed E-state index contributed by atoms with van der Waals surface area (Å²) in [6.45, 7) is 4.63. The van der Waals surface area contributed by atoms with E-state index in [1.807, 2.05) is 90.4 Å². The van der Waals surface area contributed by atoms with E-state index in [0.717, 1.165) is 39.2 Å². The largest absolute Gasteiger partial charge is 0.494 e. The molecule has 0 aliphatic carbocycles. The van der Waals surface area contributed by atoms with E-state index in [0.29, 0.717) is 17.3 Å². The van der Waals surface area contributed by atoms with Crippen LogP contribution in [0, 0.1) is 6.92 Å². The summed E-state index contributed by atoms with van der Waals surface area (Å²) in [5, 5.41) is 11.8. The van der Waals surface area contributed by atoms with Crippen molar-refractivity contribution < 1.29 is 9.53 Å². The minimum Gasteiger partial charge on any atom is -0.494 e. The van der Waals surface area contributed by atoms with Crippen molar-refractivity contribution in [2.45, 2.75) is 19.0 Å². The van der Waals surface area contributed by atoms with Crippen LogP contribution in [0.2, 0.25) is 0 Å². The number of nitrogens with zero attached hydrogens (tertiary/aromatic N) is 3. The Balaban J connectivity index is 1.46. The van der Waals surface area contributed by atoms with Gasteiger partial charge in [0.1, 0.15) is 5.75 Å². The van der Waals surface area contributed by atoms with Crippen molar-refractivity contribution in [2.75, 3.05) is 12.4 Å². The van der Waals surface area contributed by atoms with Crippen LogP contribution in [-0.2, 0) is 0 Å². The molecule has 1 aromatic heterocycles. The second-order valence-electron chi connectivity index (χ2n) is 8.21. The molecule has 0 atom stereocenters. The molecule has 174 valence electrons. The molecule has 0 N–H and O–H groups in total. The number of Topliss-reactive ketones (excluding diaryl/α,β-unsaturated/α-hetero) is 1. The van der Waals surface area contributed by atoms with E-state index in [1.54, 1.807) is 0 Å². The molecule has 0 bridgehead atoms. The Bertz CT molecular complexity index is 1490. The van der Waals surface area contributed by atoms with Crippen LogP contribution in [0.4, 0.5) is 0 Å². The van der Waals surface area contributed by atoms with E-state index >= 15 is 0 Å². The van der Waals surface area contributed by atoms with Gasteiger partial charge in [0.05, 0.1) is 12.4 Å². The van der Waals surface area contributed by atoms with Gasteiger partial charge < -0.3 is 4.74 Å². The molecule has 0 saturated carbocycles. The smallest absolute Gasteiger partial charge is 0.196 e. The number of benzene rings is 4. The number of carbonyl (C=O) groups is 1. The normalized spacial score (nSPS) is 11.0. The first-order chi connectivity index (χ1) is 17.1. The van der Waals surface area contributed by atoms with E-state index < -0.39 is 0 Å². The van der Waals surface area contributed by atoms with Gasteiger partial charge in [-0.05, 0) is 61.0 Å². The van der Waals surface area contributed by atoms with Crippen LogP contribution in [0.25, 0.3) is 27.8 Å². The second-order valence-corrected chi connectivity index (χ2v) is 9.15. The zero-order valence-corrected chi connectivity index (χ0v) is 20.5. The van der Waals surface area contributed by atoms with Gasteiger partial charge in [0, 0.05) is 16.8 Å². The van der Waals surface area contributed by atoms with Crippen molar-refractivity contribution in [3.63, 3.8) is 0 Å². The summed E-state index contributed by atoms with van der Waals surface area (Å²) in [6.07, 6.45) is 0. The Morgan fingerprint density at radius 2 is 1.69 bits per heavy atom. The maximum atomic E-state index is 13.1. The van der Waals surface area contributed by atoms with Crippen molar-refractivity contribution >= 4 is 28.3 Å². The summed E-state index contributed by atoms with van der Waals surface area (Å²) < 4.78 is 7.61. The van der Waals surface area contributed by atoms with E-state index in [-0.39, 0.29) is 11.5 Å². The molecule has 0 aliphatic rings. The lowest BCUT2D eigenvalue weighted by Crippen LogP contribution is -2.05. The van der Waals surface area contributed by atoms with E-state index in [1.165, 1.54) is 11.8 Å². The average Bonchev–Trinajstić information content (AvgIpc) is 3.31. The standard InChI is InChI=1S/C29H25N3O2S/c1-3-34-26-15-13-25(14-16-26)32-28(24-10-6-7-20(2)17-24)30-31-29(32)35-19-27(33)23-12-11-21-8-4-5-9-22(21)18-23/h4-18H,3,19H2,1-2H3. The summed E-state index contributed by atoms with van der Waals surface area (Å²) >= 11 is 1.39. The van der Waals surface area contributed by atoms with Gasteiger partial charge in [-0.15, -0.1) is 10.2 Å². The quantitative estimate of drug-likeness (QED) is 0.182. The molecule has 5 rings (SSSR count). The summed E-state index contributed by atoms with van der Waals surface area (Å²) in [4.78, 5) is 13.1. The predicted octanol–water partition coefficient (Wildman–Crippen LogP) is 6.77. The third kappa shape index (κ3) is 4.98. The van der Waals surface area contributed by atoms with E-state index in [4.69, 9.17) is 4.74 Å². The topological polar surface area (TPSA) is 57.0 Å². The van der Waals surface area contributed by atoms with Crippen LogP contribution in [0.5, 0.6) is 5.75 Å². The monoisotopic (exact) mass is 479 g/mol. The fourth-order valence-electron chi connectivity index (χ4n) is 4.00. The van der Waals surface area contributed by atoms with E-state index in [2.05, 4.69) is 29.3 Å². The van der Waals surface area contributed by atoms with Gasteiger partial charge in [-0.3, -0.25) is 9.36 Å². The first kappa shape index (κ1) is 22.9. The molecule has 35 heavy (non-hydrogen) atoms. The van der Waals surface area contributed by atoms with Gasteiger partial charge >= 0.3 is 0 Å². The fourth-order valence-corrected chi connectivity index (χ4v) is 4.85. The van der Waals surface area contributed by atoms with Gasteiger partial charge in [0.15, 0.2) is 16.8 Å². The SMILES string of the molecule is CCOc1ccc(-n2c(SCC(=O)c3ccc4ccccc4c3)nnc2-c2cccc(C)c2)cc1. The van der Waals surface area contributed by atoms with Crippen LogP contribution >= 0.6 is 11.8 Å². The zero-order valence-electron chi connectivity index (χ0n) is 19.6. The molecule has 6 heteroatoms. The number of ether oxygens (including phenoxy) is 1. The van der Waals surface area contributed by atoms with Crippen molar-refractivity contribution in [3.05, 3.63) is 102 Å². The number of fused-ring (bicyclic) bond motifs is 1. The Kier molecular flexibility index (Phi) is 6.64. The Labute approximate surface area is 208 Å². The molecule has 5 aromatic rings. The van der Waals surface area contributed by atoms with Crippen LogP contribution in [0.3, 0.4) is 0 Å². The number of rotatable bonds is 8. The van der Waals surface area contributed by atoms with Crippen LogP contribution in [-0.4, -0.2) is 32.9 Å². The highest BCUT2D eigenvalue weighted by Gasteiger charge is 2.18. The van der Waals surface area contributed by atoms with Crippen LogP contribution in [0.1, 0.15) is 22.8 Å². The minimum atomic E-state index is 0.0547. The molecule has 0 unspecified atom stereocenters. The summed E-state index contributed by atoms with van der Waals surface area (Å²) in [6, 6.07) is 29.9. The molecule has 0 amide bonds. The van der Waals surface area contributed by atoms with Crippen molar-refractivity contribution in [2.24, 2.45) is 0 Å². The first-order valence-corrected chi connectivity index (χ1v) is 12.5. The number of hydrogen-bond donors (Lipinski definition) is 0. The Hall–Kier alpha value is -3.90. The Morgan fingerprint density at radius 3 is 2.46 bits per heavy atom. The van der Waals surface area contributed by atoms with Gasteiger partial charge in [-0.2, -0.15) is 0 Å². The van der Waals surface area contributed by atoms with Gasteiger partial charge in [-0.1, -0.05) is 71.9 Å². The number of hydrogen-bond acceptors (Lipinski definition) is 5. The number of ketones is 1. The van der Waals surface area contributed by atoms with Crippen LogP contribution in [0.15, 0.2) is 96.2 Å². The average molecular weight is 480 g/mol. The van der Waals surface area contributed by atoms with Gasteiger partial charge in [0.25, 0.3) is 0 Å². The molecule has 0 radical (unpaired) electrons. The lowest BCUT2D eigenvalue weighted by molar-refractivity contribution is 0.102. The number of aryl methyl sites for hydroxylation is 1. The third-order valence-corrected chi connectivity index (χ3v) is 6.65. The third-order valence-electron chi connectivity index (χ3n) is 5.72. The van der Waals surface area contributed by atoms with Gasteiger partial charge in [0.2, 0.25) is 0 Å². The highest BCUT2D eigenvalue weighted by molar-refractivity contribution is 7.99. The molecule has 0 aliphatic heterocycles. The van der Waals surface area contributed by atoms with Crippen molar-refractivity contribution in [1.29, 1.82) is 0 Å². The number of aromatic nitrogens is 3. The van der Waals surface area contributed by atoms with Crippen LogP contribution < -0.4 is 4.74 Å². The van der Waals surface area contributed by atoms with Gasteiger partial charge in [-0.25, -0.2) is 0 Å². The first-order valence-electron chi connectivity index (χ1n) is 11.5. The molecule has 1 heterocycles.